The first-order valence-corrected chi connectivity index (χ1v) is 7.42. The molecule has 3 heteroatoms. The maximum absolute atomic E-state index is 10.7. The standard InChI is InChI=1S/C16H24N2O/c1-12-5-6-14(17)15(10-12)18-9-8-16(19)7-3-2-4-13(16)11-18/h5-6,10,13,19H,2-4,7-9,11,17H2,1H3. The summed E-state index contributed by atoms with van der Waals surface area (Å²) < 4.78 is 0. The maximum Gasteiger partial charge on any atom is 0.0709 e. The number of hydrogen-bond donors (Lipinski definition) is 2. The Bertz CT molecular complexity index is 474. The second-order valence-electron chi connectivity index (χ2n) is 6.30. The molecule has 1 heterocycles. The van der Waals surface area contributed by atoms with Gasteiger partial charge >= 0.3 is 0 Å². The number of nitrogens with two attached hydrogens (primary N) is 1. The van der Waals surface area contributed by atoms with Crippen LogP contribution in [-0.4, -0.2) is 23.8 Å². The first kappa shape index (κ1) is 12.8. The molecule has 1 aliphatic carbocycles. The molecule has 0 bridgehead atoms. The smallest absolute Gasteiger partial charge is 0.0709 e. The molecule has 0 spiro atoms. The third-order valence-electron chi connectivity index (χ3n) is 4.95. The zero-order valence-electron chi connectivity index (χ0n) is 11.7. The zero-order chi connectivity index (χ0) is 13.5. The number of fused-ring (bicyclic) bond motifs is 1. The van der Waals surface area contributed by atoms with Gasteiger partial charge in [0.15, 0.2) is 0 Å². The van der Waals surface area contributed by atoms with Crippen LogP contribution in [0.15, 0.2) is 18.2 Å². The molecule has 0 aromatic heterocycles. The van der Waals surface area contributed by atoms with E-state index in [1.165, 1.54) is 18.4 Å². The Morgan fingerprint density at radius 3 is 3.00 bits per heavy atom. The number of piperidine rings is 1. The molecule has 1 aromatic rings. The number of aryl methyl sites for hydroxylation is 1. The predicted molar refractivity (Wildman–Crippen MR) is 79.3 cm³/mol. The van der Waals surface area contributed by atoms with Crippen LogP contribution < -0.4 is 10.6 Å². The van der Waals surface area contributed by atoms with E-state index in [2.05, 4.69) is 24.0 Å². The minimum atomic E-state index is -0.409. The van der Waals surface area contributed by atoms with Crippen LogP contribution >= 0.6 is 0 Å². The number of anilines is 2. The number of benzene rings is 1. The van der Waals surface area contributed by atoms with Crippen molar-refractivity contribution in [3.63, 3.8) is 0 Å². The summed E-state index contributed by atoms with van der Waals surface area (Å²) in [5.41, 5.74) is 8.95. The maximum atomic E-state index is 10.7. The molecule has 2 atom stereocenters. The Labute approximate surface area is 115 Å². The molecule has 3 nitrogen and oxygen atoms in total. The van der Waals surface area contributed by atoms with Gasteiger partial charge in [-0.3, -0.25) is 0 Å². The van der Waals surface area contributed by atoms with E-state index in [0.717, 1.165) is 43.7 Å². The average molecular weight is 260 g/mol. The van der Waals surface area contributed by atoms with Crippen molar-refractivity contribution in [2.45, 2.75) is 44.6 Å². The SMILES string of the molecule is Cc1ccc(N)c(N2CCC3(O)CCCCC3C2)c1. The Morgan fingerprint density at radius 2 is 2.16 bits per heavy atom. The summed E-state index contributed by atoms with van der Waals surface area (Å²) in [6, 6.07) is 6.22. The molecule has 2 fully saturated rings. The molecule has 0 radical (unpaired) electrons. The Balaban J connectivity index is 1.82. The van der Waals surface area contributed by atoms with Crippen molar-refractivity contribution >= 4 is 11.4 Å². The molecule has 19 heavy (non-hydrogen) atoms. The number of nitrogen functional groups attached to an aromatic ring is 1. The second kappa shape index (κ2) is 4.71. The summed E-state index contributed by atoms with van der Waals surface area (Å²) in [6.45, 7) is 3.97. The van der Waals surface area contributed by atoms with Crippen molar-refractivity contribution in [3.05, 3.63) is 23.8 Å². The lowest BCUT2D eigenvalue weighted by atomic mass is 9.71. The van der Waals surface area contributed by atoms with Gasteiger partial charge in [-0.25, -0.2) is 0 Å². The van der Waals surface area contributed by atoms with Crippen LogP contribution in [0.4, 0.5) is 11.4 Å². The average Bonchev–Trinajstić information content (AvgIpc) is 2.40. The van der Waals surface area contributed by atoms with Crippen LogP contribution in [0.3, 0.4) is 0 Å². The van der Waals surface area contributed by atoms with Crippen molar-refractivity contribution in [2.24, 2.45) is 5.92 Å². The number of nitrogens with zero attached hydrogens (tertiary/aromatic N) is 1. The van der Waals surface area contributed by atoms with Gasteiger partial charge in [-0.15, -0.1) is 0 Å². The topological polar surface area (TPSA) is 49.5 Å². The fourth-order valence-corrected chi connectivity index (χ4v) is 3.72. The number of hydrogen-bond acceptors (Lipinski definition) is 3. The Morgan fingerprint density at radius 1 is 1.32 bits per heavy atom. The highest BCUT2D eigenvalue weighted by atomic mass is 16.3. The fourth-order valence-electron chi connectivity index (χ4n) is 3.72. The van der Waals surface area contributed by atoms with Crippen molar-refractivity contribution in [1.29, 1.82) is 0 Å². The molecule has 0 amide bonds. The van der Waals surface area contributed by atoms with Gasteiger partial charge in [0.05, 0.1) is 17.0 Å². The first-order chi connectivity index (χ1) is 9.08. The number of rotatable bonds is 1. The summed E-state index contributed by atoms with van der Waals surface area (Å²) in [7, 11) is 0. The van der Waals surface area contributed by atoms with E-state index in [1.54, 1.807) is 0 Å². The van der Waals surface area contributed by atoms with Crippen LogP contribution in [0, 0.1) is 12.8 Å². The lowest BCUT2D eigenvalue weighted by molar-refractivity contribution is -0.0612. The molecular formula is C16H24N2O. The zero-order valence-corrected chi connectivity index (χ0v) is 11.7. The number of aliphatic hydroxyl groups is 1. The molecule has 2 aliphatic rings. The molecule has 1 aromatic carbocycles. The van der Waals surface area contributed by atoms with Crippen LogP contribution in [0.5, 0.6) is 0 Å². The van der Waals surface area contributed by atoms with E-state index in [-0.39, 0.29) is 0 Å². The van der Waals surface area contributed by atoms with Crippen molar-refractivity contribution in [2.75, 3.05) is 23.7 Å². The van der Waals surface area contributed by atoms with E-state index in [1.807, 2.05) is 6.07 Å². The van der Waals surface area contributed by atoms with E-state index >= 15 is 0 Å². The summed E-state index contributed by atoms with van der Waals surface area (Å²) in [5.74, 6) is 0.412. The largest absolute Gasteiger partial charge is 0.397 e. The molecule has 104 valence electrons. The molecule has 3 rings (SSSR count). The predicted octanol–water partition coefficient (Wildman–Crippen LogP) is 2.71. The minimum absolute atomic E-state index is 0.409. The lowest BCUT2D eigenvalue weighted by Gasteiger charge is -2.48. The van der Waals surface area contributed by atoms with Crippen LogP contribution in [-0.2, 0) is 0 Å². The summed E-state index contributed by atoms with van der Waals surface area (Å²) >= 11 is 0. The van der Waals surface area contributed by atoms with E-state index < -0.39 is 5.60 Å². The Kier molecular flexibility index (Phi) is 3.17. The van der Waals surface area contributed by atoms with Crippen molar-refractivity contribution < 1.29 is 5.11 Å². The van der Waals surface area contributed by atoms with E-state index in [0.29, 0.717) is 5.92 Å². The van der Waals surface area contributed by atoms with E-state index in [9.17, 15) is 5.11 Å². The van der Waals surface area contributed by atoms with Crippen LogP contribution in [0.2, 0.25) is 0 Å². The molecule has 3 N–H and O–H groups in total. The highest BCUT2D eigenvalue weighted by Gasteiger charge is 2.42. The third kappa shape index (κ3) is 2.32. The summed E-state index contributed by atoms with van der Waals surface area (Å²) in [4.78, 5) is 2.37. The molecule has 1 saturated carbocycles. The molecule has 2 unspecified atom stereocenters. The summed E-state index contributed by atoms with van der Waals surface area (Å²) in [5, 5.41) is 10.7. The fraction of sp³-hybridized carbons (Fsp3) is 0.625. The van der Waals surface area contributed by atoms with Gasteiger partial charge in [0, 0.05) is 19.0 Å². The Hall–Kier alpha value is -1.22. The minimum Gasteiger partial charge on any atom is -0.397 e. The van der Waals surface area contributed by atoms with Gasteiger partial charge < -0.3 is 15.7 Å². The quantitative estimate of drug-likeness (QED) is 0.763. The normalized spacial score (nSPS) is 31.1. The van der Waals surface area contributed by atoms with Crippen LogP contribution in [0.1, 0.15) is 37.7 Å². The van der Waals surface area contributed by atoms with Crippen molar-refractivity contribution in [3.8, 4) is 0 Å². The first-order valence-electron chi connectivity index (χ1n) is 7.42. The van der Waals surface area contributed by atoms with Crippen LogP contribution in [0.25, 0.3) is 0 Å². The van der Waals surface area contributed by atoms with Gasteiger partial charge in [0.2, 0.25) is 0 Å². The molecular weight excluding hydrogens is 236 g/mol. The molecule has 1 aliphatic heterocycles. The lowest BCUT2D eigenvalue weighted by Crippen LogP contribution is -2.53. The van der Waals surface area contributed by atoms with Gasteiger partial charge in [-0.05, 0) is 43.9 Å². The van der Waals surface area contributed by atoms with Gasteiger partial charge in [-0.1, -0.05) is 18.9 Å². The summed E-state index contributed by atoms with van der Waals surface area (Å²) in [6.07, 6.45) is 5.45. The monoisotopic (exact) mass is 260 g/mol. The highest BCUT2D eigenvalue weighted by molar-refractivity contribution is 5.68. The third-order valence-corrected chi connectivity index (χ3v) is 4.95. The van der Waals surface area contributed by atoms with Gasteiger partial charge in [0.1, 0.15) is 0 Å². The van der Waals surface area contributed by atoms with Gasteiger partial charge in [0.25, 0.3) is 0 Å². The van der Waals surface area contributed by atoms with Gasteiger partial charge in [-0.2, -0.15) is 0 Å². The second-order valence-corrected chi connectivity index (χ2v) is 6.30. The molecule has 1 saturated heterocycles. The van der Waals surface area contributed by atoms with E-state index in [4.69, 9.17) is 5.73 Å². The highest BCUT2D eigenvalue weighted by Crippen LogP contribution is 2.41. The van der Waals surface area contributed by atoms with Crippen molar-refractivity contribution in [1.82, 2.24) is 0 Å².